The zero-order valence-corrected chi connectivity index (χ0v) is 11.0. The van der Waals surface area contributed by atoms with E-state index in [1.807, 2.05) is 13.8 Å². The molecule has 1 aromatic rings. The van der Waals surface area contributed by atoms with Crippen molar-refractivity contribution in [2.45, 2.75) is 39.0 Å². The molecule has 0 aromatic carbocycles. The maximum Gasteiger partial charge on any atom is 0.232 e. The highest BCUT2D eigenvalue weighted by Crippen LogP contribution is 2.30. The molecule has 0 aliphatic heterocycles. The van der Waals surface area contributed by atoms with Crippen molar-refractivity contribution < 1.29 is 4.74 Å². The molecule has 2 atom stereocenters. The standard InChI is InChI=1S/C12H19ClN2O/c1-5-16-11-7-14-6-10(15-11)12(8(2)3)9(4)13/h6-9,12H,5H2,1-4H3. The van der Waals surface area contributed by atoms with Crippen LogP contribution in [-0.2, 0) is 0 Å². The second kappa shape index (κ2) is 6.04. The first kappa shape index (κ1) is 13.2. The van der Waals surface area contributed by atoms with Crippen LogP contribution in [0.4, 0.5) is 0 Å². The van der Waals surface area contributed by atoms with Crippen LogP contribution >= 0.6 is 11.6 Å². The highest BCUT2D eigenvalue weighted by atomic mass is 35.5. The van der Waals surface area contributed by atoms with Crippen LogP contribution in [0.1, 0.15) is 39.3 Å². The summed E-state index contributed by atoms with van der Waals surface area (Å²) < 4.78 is 5.34. The van der Waals surface area contributed by atoms with Gasteiger partial charge in [-0.1, -0.05) is 13.8 Å². The van der Waals surface area contributed by atoms with Crippen molar-refractivity contribution in [2.24, 2.45) is 5.92 Å². The monoisotopic (exact) mass is 242 g/mol. The Morgan fingerprint density at radius 3 is 2.50 bits per heavy atom. The molecule has 90 valence electrons. The minimum Gasteiger partial charge on any atom is -0.477 e. The Labute approximate surface area is 102 Å². The lowest BCUT2D eigenvalue weighted by Crippen LogP contribution is -2.17. The van der Waals surface area contributed by atoms with Gasteiger partial charge in [0.15, 0.2) is 0 Å². The first-order chi connectivity index (χ1) is 7.56. The van der Waals surface area contributed by atoms with Gasteiger partial charge in [0.25, 0.3) is 0 Å². The second-order valence-corrected chi connectivity index (χ2v) is 4.85. The lowest BCUT2D eigenvalue weighted by atomic mass is 9.90. The Balaban J connectivity index is 2.95. The molecule has 2 unspecified atom stereocenters. The average Bonchev–Trinajstić information content (AvgIpc) is 2.17. The normalized spacial score (nSPS) is 14.9. The van der Waals surface area contributed by atoms with Gasteiger partial charge in [0.1, 0.15) is 0 Å². The summed E-state index contributed by atoms with van der Waals surface area (Å²) in [4.78, 5) is 8.58. The quantitative estimate of drug-likeness (QED) is 0.744. The maximum absolute atomic E-state index is 6.19. The molecule has 0 fully saturated rings. The van der Waals surface area contributed by atoms with E-state index in [1.54, 1.807) is 12.4 Å². The zero-order valence-electron chi connectivity index (χ0n) is 10.3. The molecule has 0 aliphatic carbocycles. The minimum absolute atomic E-state index is 0.0335. The van der Waals surface area contributed by atoms with E-state index < -0.39 is 0 Å². The van der Waals surface area contributed by atoms with Crippen LogP contribution < -0.4 is 4.74 Å². The Kier molecular flexibility index (Phi) is 5.00. The zero-order chi connectivity index (χ0) is 12.1. The largest absolute Gasteiger partial charge is 0.477 e. The second-order valence-electron chi connectivity index (χ2n) is 4.16. The molecule has 0 saturated carbocycles. The number of ether oxygens (including phenoxy) is 1. The van der Waals surface area contributed by atoms with Crippen molar-refractivity contribution >= 4 is 11.6 Å². The van der Waals surface area contributed by atoms with Gasteiger partial charge in [-0.05, 0) is 19.8 Å². The molecule has 1 rings (SSSR count). The molecular weight excluding hydrogens is 224 g/mol. The summed E-state index contributed by atoms with van der Waals surface area (Å²) in [6.07, 6.45) is 3.40. The van der Waals surface area contributed by atoms with Gasteiger partial charge in [0, 0.05) is 17.5 Å². The third-order valence-corrected chi connectivity index (χ3v) is 2.75. The van der Waals surface area contributed by atoms with Crippen molar-refractivity contribution in [1.29, 1.82) is 0 Å². The SMILES string of the molecule is CCOc1cncc(C(C(C)C)C(C)Cl)n1. The predicted molar refractivity (Wildman–Crippen MR) is 66.1 cm³/mol. The van der Waals surface area contributed by atoms with E-state index in [2.05, 4.69) is 23.8 Å². The van der Waals surface area contributed by atoms with Gasteiger partial charge in [0.05, 0.1) is 18.5 Å². The minimum atomic E-state index is 0.0335. The van der Waals surface area contributed by atoms with Gasteiger partial charge in [-0.3, -0.25) is 4.98 Å². The van der Waals surface area contributed by atoms with E-state index in [4.69, 9.17) is 16.3 Å². The first-order valence-electron chi connectivity index (χ1n) is 5.65. The van der Waals surface area contributed by atoms with E-state index in [-0.39, 0.29) is 11.3 Å². The first-order valence-corrected chi connectivity index (χ1v) is 6.08. The lowest BCUT2D eigenvalue weighted by molar-refractivity contribution is 0.321. The van der Waals surface area contributed by atoms with Crippen molar-refractivity contribution in [3.8, 4) is 5.88 Å². The van der Waals surface area contributed by atoms with Crippen LogP contribution in [0.3, 0.4) is 0 Å². The molecule has 3 nitrogen and oxygen atoms in total. The number of hydrogen-bond donors (Lipinski definition) is 0. The third-order valence-electron chi connectivity index (χ3n) is 2.48. The lowest BCUT2D eigenvalue weighted by Gasteiger charge is -2.22. The van der Waals surface area contributed by atoms with Gasteiger partial charge >= 0.3 is 0 Å². The predicted octanol–water partition coefficient (Wildman–Crippen LogP) is 3.24. The molecule has 4 heteroatoms. The van der Waals surface area contributed by atoms with Gasteiger partial charge in [-0.15, -0.1) is 11.6 Å². The number of nitrogens with zero attached hydrogens (tertiary/aromatic N) is 2. The molecule has 0 bridgehead atoms. The average molecular weight is 243 g/mol. The molecule has 0 aliphatic rings. The van der Waals surface area contributed by atoms with E-state index >= 15 is 0 Å². The fraction of sp³-hybridized carbons (Fsp3) is 0.667. The van der Waals surface area contributed by atoms with Crippen molar-refractivity contribution in [3.05, 3.63) is 18.1 Å². The molecule has 0 N–H and O–H groups in total. The smallest absolute Gasteiger partial charge is 0.232 e. The summed E-state index contributed by atoms with van der Waals surface area (Å²) in [5.41, 5.74) is 0.906. The van der Waals surface area contributed by atoms with Crippen LogP contribution in [0.2, 0.25) is 0 Å². The molecule has 16 heavy (non-hydrogen) atoms. The van der Waals surface area contributed by atoms with E-state index in [1.165, 1.54) is 0 Å². The summed E-state index contributed by atoms with van der Waals surface area (Å²) in [6.45, 7) is 8.79. The molecule has 1 aromatic heterocycles. The van der Waals surface area contributed by atoms with Gasteiger partial charge in [-0.25, -0.2) is 4.98 Å². The molecule has 1 heterocycles. The van der Waals surface area contributed by atoms with Crippen LogP contribution in [0.25, 0.3) is 0 Å². The number of aromatic nitrogens is 2. The summed E-state index contributed by atoms with van der Waals surface area (Å²) >= 11 is 6.19. The highest BCUT2D eigenvalue weighted by Gasteiger charge is 2.23. The number of hydrogen-bond acceptors (Lipinski definition) is 3. The van der Waals surface area contributed by atoms with Crippen molar-refractivity contribution in [2.75, 3.05) is 6.61 Å². The van der Waals surface area contributed by atoms with Crippen LogP contribution in [-0.4, -0.2) is 22.0 Å². The summed E-state index contributed by atoms with van der Waals surface area (Å²) in [5, 5.41) is 0.0335. The molecule has 0 saturated heterocycles. The van der Waals surface area contributed by atoms with Crippen LogP contribution in [0.15, 0.2) is 12.4 Å². The van der Waals surface area contributed by atoms with Gasteiger partial charge in [0.2, 0.25) is 5.88 Å². The fourth-order valence-corrected chi connectivity index (χ4v) is 2.27. The summed E-state index contributed by atoms with van der Waals surface area (Å²) in [5.74, 6) is 1.20. The number of halogens is 1. The fourth-order valence-electron chi connectivity index (χ4n) is 1.85. The topological polar surface area (TPSA) is 35.0 Å². The van der Waals surface area contributed by atoms with Crippen molar-refractivity contribution in [1.82, 2.24) is 9.97 Å². The van der Waals surface area contributed by atoms with Gasteiger partial charge < -0.3 is 4.74 Å². The van der Waals surface area contributed by atoms with Crippen LogP contribution in [0, 0.1) is 5.92 Å². The van der Waals surface area contributed by atoms with Crippen molar-refractivity contribution in [3.63, 3.8) is 0 Å². The van der Waals surface area contributed by atoms with E-state index in [0.717, 1.165) is 5.69 Å². The number of alkyl halides is 1. The number of rotatable bonds is 5. The third kappa shape index (κ3) is 3.34. The molecular formula is C12H19ClN2O. The molecule has 0 amide bonds. The Morgan fingerprint density at radius 2 is 2.00 bits per heavy atom. The van der Waals surface area contributed by atoms with Crippen LogP contribution in [0.5, 0.6) is 5.88 Å². The molecule has 0 radical (unpaired) electrons. The highest BCUT2D eigenvalue weighted by molar-refractivity contribution is 6.20. The Bertz CT molecular complexity index is 321. The summed E-state index contributed by atoms with van der Waals surface area (Å²) in [7, 11) is 0. The Morgan fingerprint density at radius 1 is 1.31 bits per heavy atom. The molecule has 0 spiro atoms. The van der Waals surface area contributed by atoms with E-state index in [0.29, 0.717) is 18.4 Å². The van der Waals surface area contributed by atoms with E-state index in [9.17, 15) is 0 Å². The Hall–Kier alpha value is -0.830. The maximum atomic E-state index is 6.19. The summed E-state index contributed by atoms with van der Waals surface area (Å²) in [6, 6.07) is 0. The van der Waals surface area contributed by atoms with Gasteiger partial charge in [-0.2, -0.15) is 0 Å².